The molecule has 140 valence electrons. The molecule has 0 aliphatic carbocycles. The lowest BCUT2D eigenvalue weighted by atomic mass is 10.0. The number of halogens is 3. The van der Waals surface area contributed by atoms with E-state index >= 15 is 0 Å². The van der Waals surface area contributed by atoms with Crippen molar-refractivity contribution in [1.29, 1.82) is 0 Å². The molecule has 1 aromatic carbocycles. The second-order valence-corrected chi connectivity index (χ2v) is 7.91. The summed E-state index contributed by atoms with van der Waals surface area (Å²) in [6.45, 7) is 3.92. The molecule has 26 heavy (non-hydrogen) atoms. The Morgan fingerprint density at radius 2 is 2.00 bits per heavy atom. The van der Waals surface area contributed by atoms with Gasteiger partial charge in [-0.05, 0) is 63.2 Å². The number of rotatable bonds is 3. The number of nitrogens with zero attached hydrogens (tertiary/aromatic N) is 3. The molecule has 1 N–H and O–H groups in total. The summed E-state index contributed by atoms with van der Waals surface area (Å²) in [6, 6.07) is 4.77. The van der Waals surface area contributed by atoms with Gasteiger partial charge in [-0.25, -0.2) is 0 Å². The Bertz CT molecular complexity index is 798. The summed E-state index contributed by atoms with van der Waals surface area (Å²) < 4.78 is 38.2. The van der Waals surface area contributed by atoms with Crippen LogP contribution in [0.2, 0.25) is 0 Å². The molecule has 0 radical (unpaired) electrons. The summed E-state index contributed by atoms with van der Waals surface area (Å²) in [5.41, 5.74) is 0.512. The lowest BCUT2D eigenvalue weighted by molar-refractivity contribution is -0.137. The minimum Gasteiger partial charge on any atom is -0.507 e. The predicted octanol–water partition coefficient (Wildman–Crippen LogP) is 4.36. The molecule has 0 bridgehead atoms. The third kappa shape index (κ3) is 4.29. The number of alkyl halides is 3. The topological polar surface area (TPSA) is 49.2 Å². The van der Waals surface area contributed by atoms with Crippen molar-refractivity contribution in [3.8, 4) is 17.0 Å². The molecule has 4 nitrogen and oxygen atoms in total. The summed E-state index contributed by atoms with van der Waals surface area (Å²) in [5.74, 6) is -0.452. The molecule has 3 rings (SSSR count). The van der Waals surface area contributed by atoms with E-state index in [-0.39, 0.29) is 5.56 Å². The zero-order valence-electron chi connectivity index (χ0n) is 14.5. The van der Waals surface area contributed by atoms with Gasteiger partial charge >= 0.3 is 6.18 Å². The van der Waals surface area contributed by atoms with Crippen molar-refractivity contribution in [1.82, 2.24) is 15.1 Å². The Morgan fingerprint density at radius 3 is 2.62 bits per heavy atom. The Morgan fingerprint density at radius 1 is 1.23 bits per heavy atom. The molecule has 1 fully saturated rings. The SMILES string of the molecule is Cc1cc(S[C@@H]2CCCN(C)C2)nnc1-c1ccc(C(F)(F)F)cc1O. The second kappa shape index (κ2) is 7.44. The first-order chi connectivity index (χ1) is 12.2. The van der Waals surface area contributed by atoms with Gasteiger partial charge in [0.05, 0.1) is 11.3 Å². The van der Waals surface area contributed by atoms with Crippen LogP contribution in [-0.4, -0.2) is 45.6 Å². The fourth-order valence-electron chi connectivity index (χ4n) is 3.08. The molecule has 0 saturated carbocycles. The molecule has 0 unspecified atom stereocenters. The molecule has 2 aromatic rings. The molecule has 2 heterocycles. The number of thioether (sulfide) groups is 1. The van der Waals surface area contributed by atoms with Gasteiger partial charge < -0.3 is 10.0 Å². The van der Waals surface area contributed by atoms with Crippen LogP contribution >= 0.6 is 11.8 Å². The van der Waals surface area contributed by atoms with E-state index in [4.69, 9.17) is 0 Å². The van der Waals surface area contributed by atoms with Crippen LogP contribution in [0.4, 0.5) is 13.2 Å². The Labute approximate surface area is 154 Å². The second-order valence-electron chi connectivity index (χ2n) is 6.59. The number of phenolic OH excluding ortho intramolecular Hbond substituents is 1. The lowest BCUT2D eigenvalue weighted by Gasteiger charge is -2.28. The number of aryl methyl sites for hydroxylation is 1. The first-order valence-electron chi connectivity index (χ1n) is 8.34. The fraction of sp³-hybridized carbons (Fsp3) is 0.444. The van der Waals surface area contributed by atoms with Crippen LogP contribution in [0.3, 0.4) is 0 Å². The predicted molar refractivity (Wildman–Crippen MR) is 95.2 cm³/mol. The van der Waals surface area contributed by atoms with Crippen LogP contribution in [0.1, 0.15) is 24.0 Å². The van der Waals surface area contributed by atoms with E-state index in [1.807, 2.05) is 13.0 Å². The molecule has 0 spiro atoms. The zero-order chi connectivity index (χ0) is 18.9. The highest BCUT2D eigenvalue weighted by Gasteiger charge is 2.31. The number of hydrogen-bond donors (Lipinski definition) is 1. The minimum absolute atomic E-state index is 0.247. The van der Waals surface area contributed by atoms with E-state index in [0.29, 0.717) is 10.9 Å². The normalized spacial score (nSPS) is 18.9. The number of likely N-dealkylation sites (tertiary alicyclic amines) is 1. The molecule has 1 aliphatic heterocycles. The highest BCUT2D eigenvalue weighted by atomic mass is 32.2. The maximum Gasteiger partial charge on any atom is 0.416 e. The van der Waals surface area contributed by atoms with Crippen molar-refractivity contribution in [3.05, 3.63) is 35.4 Å². The lowest BCUT2D eigenvalue weighted by Crippen LogP contribution is -2.33. The number of aromatic hydroxyl groups is 1. The molecule has 1 atom stereocenters. The van der Waals surface area contributed by atoms with Crippen LogP contribution in [0, 0.1) is 6.92 Å². The average molecular weight is 383 g/mol. The monoisotopic (exact) mass is 383 g/mol. The Kier molecular flexibility index (Phi) is 5.43. The largest absolute Gasteiger partial charge is 0.507 e. The molecule has 0 amide bonds. The summed E-state index contributed by atoms with van der Waals surface area (Å²) in [7, 11) is 2.10. The van der Waals surface area contributed by atoms with Crippen LogP contribution in [0.5, 0.6) is 5.75 Å². The molecule has 1 aliphatic rings. The van der Waals surface area contributed by atoms with Gasteiger partial charge in [-0.15, -0.1) is 10.2 Å². The van der Waals surface area contributed by atoms with E-state index in [1.54, 1.807) is 11.8 Å². The van der Waals surface area contributed by atoms with Crippen molar-refractivity contribution >= 4 is 11.8 Å². The number of aromatic nitrogens is 2. The standard InChI is InChI=1S/C18H20F3N3OS/c1-11-8-16(26-13-4-3-7-24(2)10-13)22-23-17(11)14-6-5-12(9-15(14)25)18(19,20)21/h5-6,8-9,13,25H,3-4,7,10H2,1-2H3/t13-/m1/s1. The average Bonchev–Trinajstić information content (AvgIpc) is 2.55. The smallest absolute Gasteiger partial charge is 0.416 e. The minimum atomic E-state index is -4.50. The van der Waals surface area contributed by atoms with Gasteiger partial charge in [-0.3, -0.25) is 0 Å². The van der Waals surface area contributed by atoms with Gasteiger partial charge in [-0.1, -0.05) is 11.8 Å². The van der Waals surface area contributed by atoms with E-state index in [1.165, 1.54) is 6.07 Å². The summed E-state index contributed by atoms with van der Waals surface area (Å²) in [6.07, 6.45) is -2.22. The van der Waals surface area contributed by atoms with Crippen molar-refractivity contribution in [2.75, 3.05) is 20.1 Å². The maximum atomic E-state index is 12.7. The quantitative estimate of drug-likeness (QED) is 0.853. The number of piperidine rings is 1. The Hall–Kier alpha value is -1.80. The summed E-state index contributed by atoms with van der Waals surface area (Å²) in [4.78, 5) is 2.29. The van der Waals surface area contributed by atoms with E-state index in [2.05, 4.69) is 22.1 Å². The van der Waals surface area contributed by atoms with Crippen molar-refractivity contribution < 1.29 is 18.3 Å². The molecular formula is C18H20F3N3OS. The van der Waals surface area contributed by atoms with Crippen LogP contribution < -0.4 is 0 Å². The van der Waals surface area contributed by atoms with Gasteiger partial charge in [-0.2, -0.15) is 13.2 Å². The summed E-state index contributed by atoms with van der Waals surface area (Å²) >= 11 is 1.67. The molecular weight excluding hydrogens is 363 g/mol. The van der Waals surface area contributed by atoms with Gasteiger partial charge in [0.2, 0.25) is 0 Å². The van der Waals surface area contributed by atoms with Gasteiger partial charge in [0.25, 0.3) is 0 Å². The van der Waals surface area contributed by atoms with Crippen molar-refractivity contribution in [2.24, 2.45) is 0 Å². The zero-order valence-corrected chi connectivity index (χ0v) is 15.4. The van der Waals surface area contributed by atoms with E-state index < -0.39 is 17.5 Å². The Balaban J connectivity index is 1.81. The molecule has 1 saturated heterocycles. The summed E-state index contributed by atoms with van der Waals surface area (Å²) in [5, 5.41) is 19.6. The first kappa shape index (κ1) is 19.0. The maximum absolute atomic E-state index is 12.7. The van der Waals surface area contributed by atoms with Crippen LogP contribution in [0.15, 0.2) is 29.3 Å². The third-order valence-electron chi connectivity index (χ3n) is 4.41. The van der Waals surface area contributed by atoms with Crippen molar-refractivity contribution in [2.45, 2.75) is 36.2 Å². The van der Waals surface area contributed by atoms with Gasteiger partial charge in [0.15, 0.2) is 0 Å². The third-order valence-corrected chi connectivity index (χ3v) is 5.57. The fourth-order valence-corrected chi connectivity index (χ4v) is 4.37. The number of hydrogen-bond acceptors (Lipinski definition) is 5. The number of phenols is 1. The van der Waals surface area contributed by atoms with Crippen LogP contribution in [-0.2, 0) is 6.18 Å². The van der Waals surface area contributed by atoms with Gasteiger partial charge in [0, 0.05) is 17.4 Å². The van der Waals surface area contributed by atoms with Crippen LogP contribution in [0.25, 0.3) is 11.3 Å². The molecule has 8 heteroatoms. The van der Waals surface area contributed by atoms with Gasteiger partial charge in [0.1, 0.15) is 10.8 Å². The first-order valence-corrected chi connectivity index (χ1v) is 9.22. The molecule has 1 aromatic heterocycles. The van der Waals surface area contributed by atoms with E-state index in [0.717, 1.165) is 48.7 Å². The number of benzene rings is 1. The van der Waals surface area contributed by atoms with Crippen molar-refractivity contribution in [3.63, 3.8) is 0 Å². The highest BCUT2D eigenvalue weighted by Crippen LogP contribution is 2.37. The van der Waals surface area contributed by atoms with E-state index in [9.17, 15) is 18.3 Å². The highest BCUT2D eigenvalue weighted by molar-refractivity contribution is 7.99.